The fourth-order valence-electron chi connectivity index (χ4n) is 1.61. The zero-order chi connectivity index (χ0) is 14.7. The Hall–Kier alpha value is -0.750. The summed E-state index contributed by atoms with van der Waals surface area (Å²) in [4.78, 5) is 22.5. The zero-order valence-electron chi connectivity index (χ0n) is 12.1. The van der Waals surface area contributed by atoms with Gasteiger partial charge in [-0.15, -0.1) is 0 Å². The molecule has 112 valence electrons. The molecule has 1 amide bonds. The van der Waals surface area contributed by atoms with E-state index in [1.165, 1.54) is 0 Å². The predicted octanol–water partition coefficient (Wildman–Crippen LogP) is 1.48. The normalized spacial score (nSPS) is 13.8. The first-order valence-corrected chi connectivity index (χ1v) is 7.94. The van der Waals surface area contributed by atoms with Crippen molar-refractivity contribution >= 4 is 23.6 Å². The maximum atomic E-state index is 11.3. The van der Waals surface area contributed by atoms with Crippen LogP contribution in [-0.4, -0.2) is 47.1 Å². The molecule has 1 unspecified atom stereocenters. The highest BCUT2D eigenvalue weighted by atomic mass is 32.2. The number of aliphatic carboxylic acids is 1. The third-order valence-corrected chi connectivity index (χ3v) is 3.85. The number of carboxylic acids is 1. The third-order valence-electron chi connectivity index (χ3n) is 2.81. The molecule has 0 aromatic carbocycles. The van der Waals surface area contributed by atoms with Gasteiger partial charge in [0.2, 0.25) is 5.91 Å². The number of thioether (sulfide) groups is 1. The molecule has 0 aliphatic carbocycles. The number of amides is 1. The lowest BCUT2D eigenvalue weighted by atomic mass is 9.96. The number of carboxylic acid groups (broad SMARTS) is 1. The molecule has 0 saturated heterocycles. The Morgan fingerprint density at radius 2 is 2.00 bits per heavy atom. The van der Waals surface area contributed by atoms with E-state index in [1.807, 2.05) is 13.8 Å². The largest absolute Gasteiger partial charge is 0.480 e. The van der Waals surface area contributed by atoms with Gasteiger partial charge in [0.15, 0.2) is 0 Å². The third kappa shape index (κ3) is 8.10. The predicted molar refractivity (Wildman–Crippen MR) is 79.6 cm³/mol. The van der Waals surface area contributed by atoms with Crippen LogP contribution in [0.1, 0.15) is 40.0 Å². The molecule has 0 aliphatic heterocycles. The SMILES string of the molecule is CCCNC(C)(CCCSCC(=O)NCC)C(=O)O. The molecule has 0 spiro atoms. The Bertz CT molecular complexity index is 287. The topological polar surface area (TPSA) is 78.4 Å². The first kappa shape index (κ1) is 18.2. The van der Waals surface area contributed by atoms with Crippen molar-refractivity contribution in [1.82, 2.24) is 10.6 Å². The van der Waals surface area contributed by atoms with Crippen LogP contribution >= 0.6 is 11.8 Å². The highest BCUT2D eigenvalue weighted by Crippen LogP contribution is 2.15. The van der Waals surface area contributed by atoms with Crippen molar-refractivity contribution in [3.63, 3.8) is 0 Å². The van der Waals surface area contributed by atoms with Gasteiger partial charge in [0.05, 0.1) is 5.75 Å². The minimum absolute atomic E-state index is 0.0394. The lowest BCUT2D eigenvalue weighted by Crippen LogP contribution is -2.49. The van der Waals surface area contributed by atoms with Crippen LogP contribution in [0.5, 0.6) is 0 Å². The molecule has 19 heavy (non-hydrogen) atoms. The van der Waals surface area contributed by atoms with E-state index in [0.29, 0.717) is 25.3 Å². The van der Waals surface area contributed by atoms with Crippen molar-refractivity contribution in [2.24, 2.45) is 0 Å². The second-order valence-corrected chi connectivity index (χ2v) is 5.78. The van der Waals surface area contributed by atoms with Gasteiger partial charge in [0.1, 0.15) is 5.54 Å². The zero-order valence-corrected chi connectivity index (χ0v) is 12.9. The van der Waals surface area contributed by atoms with Crippen LogP contribution in [0.3, 0.4) is 0 Å². The lowest BCUT2D eigenvalue weighted by Gasteiger charge is -2.26. The average molecular weight is 290 g/mol. The summed E-state index contributed by atoms with van der Waals surface area (Å²) in [5.41, 5.74) is -0.859. The summed E-state index contributed by atoms with van der Waals surface area (Å²) >= 11 is 1.54. The van der Waals surface area contributed by atoms with Crippen LogP contribution in [0.25, 0.3) is 0 Å². The van der Waals surface area contributed by atoms with Gasteiger partial charge >= 0.3 is 5.97 Å². The van der Waals surface area contributed by atoms with Crippen molar-refractivity contribution in [3.05, 3.63) is 0 Å². The van der Waals surface area contributed by atoms with Crippen LogP contribution in [0.2, 0.25) is 0 Å². The van der Waals surface area contributed by atoms with E-state index in [4.69, 9.17) is 0 Å². The van der Waals surface area contributed by atoms with E-state index < -0.39 is 11.5 Å². The molecule has 0 aromatic heterocycles. The van der Waals surface area contributed by atoms with E-state index in [-0.39, 0.29) is 5.91 Å². The van der Waals surface area contributed by atoms with E-state index in [1.54, 1.807) is 18.7 Å². The molecule has 1 atom stereocenters. The number of carbonyl (C=O) groups excluding carboxylic acids is 1. The summed E-state index contributed by atoms with van der Waals surface area (Å²) in [6.45, 7) is 6.98. The number of hydrogen-bond donors (Lipinski definition) is 3. The fraction of sp³-hybridized carbons (Fsp3) is 0.846. The van der Waals surface area contributed by atoms with E-state index in [2.05, 4.69) is 10.6 Å². The summed E-state index contributed by atoms with van der Waals surface area (Å²) in [5, 5.41) is 15.1. The standard InChI is InChI=1S/C13H26N2O3S/c1-4-8-15-13(3,12(17)18)7-6-9-19-10-11(16)14-5-2/h15H,4-10H2,1-3H3,(H,14,16)(H,17,18). The van der Waals surface area contributed by atoms with Crippen LogP contribution in [0, 0.1) is 0 Å². The monoisotopic (exact) mass is 290 g/mol. The smallest absolute Gasteiger partial charge is 0.323 e. The first-order valence-electron chi connectivity index (χ1n) is 6.79. The summed E-state index contributed by atoms with van der Waals surface area (Å²) in [6, 6.07) is 0. The van der Waals surface area contributed by atoms with Crippen molar-refractivity contribution in [3.8, 4) is 0 Å². The summed E-state index contributed by atoms with van der Waals surface area (Å²) in [6.07, 6.45) is 2.27. The molecule has 0 fully saturated rings. The van der Waals surface area contributed by atoms with Gasteiger partial charge < -0.3 is 15.7 Å². The van der Waals surface area contributed by atoms with Gasteiger partial charge in [-0.2, -0.15) is 11.8 Å². The minimum Gasteiger partial charge on any atom is -0.480 e. The van der Waals surface area contributed by atoms with Crippen molar-refractivity contribution in [1.29, 1.82) is 0 Å². The summed E-state index contributed by atoms with van der Waals surface area (Å²) in [5.74, 6) is 0.473. The highest BCUT2D eigenvalue weighted by molar-refractivity contribution is 7.99. The molecule has 0 heterocycles. The minimum atomic E-state index is -0.859. The van der Waals surface area contributed by atoms with Gasteiger partial charge in [-0.1, -0.05) is 6.92 Å². The number of carbonyl (C=O) groups is 2. The number of hydrogen-bond acceptors (Lipinski definition) is 4. The van der Waals surface area contributed by atoms with Gasteiger partial charge in [-0.05, 0) is 45.4 Å². The van der Waals surface area contributed by atoms with Gasteiger partial charge in [0.25, 0.3) is 0 Å². The van der Waals surface area contributed by atoms with Gasteiger partial charge in [-0.25, -0.2) is 0 Å². The molecular formula is C13H26N2O3S. The van der Waals surface area contributed by atoms with Crippen LogP contribution in [-0.2, 0) is 9.59 Å². The van der Waals surface area contributed by atoms with E-state index in [9.17, 15) is 14.7 Å². The maximum Gasteiger partial charge on any atom is 0.323 e. The molecule has 0 aliphatic rings. The molecule has 0 radical (unpaired) electrons. The Morgan fingerprint density at radius 1 is 1.32 bits per heavy atom. The molecule has 0 rings (SSSR count). The second-order valence-electron chi connectivity index (χ2n) is 4.67. The molecular weight excluding hydrogens is 264 g/mol. The molecule has 0 bridgehead atoms. The molecule has 0 saturated carbocycles. The van der Waals surface area contributed by atoms with Crippen LogP contribution in [0.4, 0.5) is 0 Å². The molecule has 6 heteroatoms. The summed E-state index contributed by atoms with van der Waals surface area (Å²) < 4.78 is 0. The van der Waals surface area contributed by atoms with E-state index >= 15 is 0 Å². The molecule has 3 N–H and O–H groups in total. The van der Waals surface area contributed by atoms with Crippen LogP contribution < -0.4 is 10.6 Å². The van der Waals surface area contributed by atoms with Crippen molar-refractivity contribution in [2.75, 3.05) is 24.6 Å². The Kier molecular flexibility index (Phi) is 9.69. The molecule has 0 aromatic rings. The Balaban J connectivity index is 3.88. The number of nitrogens with one attached hydrogen (secondary N) is 2. The molecule has 5 nitrogen and oxygen atoms in total. The Morgan fingerprint density at radius 3 is 2.53 bits per heavy atom. The van der Waals surface area contributed by atoms with Gasteiger partial charge in [-0.3, -0.25) is 9.59 Å². The highest BCUT2D eigenvalue weighted by Gasteiger charge is 2.31. The first-order chi connectivity index (χ1) is 8.96. The maximum absolute atomic E-state index is 11.3. The second kappa shape index (κ2) is 10.1. The quantitative estimate of drug-likeness (QED) is 0.502. The van der Waals surface area contributed by atoms with Crippen LogP contribution in [0.15, 0.2) is 0 Å². The van der Waals surface area contributed by atoms with Crippen molar-refractivity contribution in [2.45, 2.75) is 45.6 Å². The lowest BCUT2D eigenvalue weighted by molar-refractivity contribution is -0.144. The fourth-order valence-corrected chi connectivity index (χ4v) is 2.39. The number of rotatable bonds is 11. The van der Waals surface area contributed by atoms with Gasteiger partial charge in [0, 0.05) is 6.54 Å². The van der Waals surface area contributed by atoms with E-state index in [0.717, 1.165) is 18.6 Å². The summed E-state index contributed by atoms with van der Waals surface area (Å²) in [7, 11) is 0. The Labute approximate surface area is 119 Å². The average Bonchev–Trinajstić information content (AvgIpc) is 2.36. The van der Waals surface area contributed by atoms with Crippen molar-refractivity contribution < 1.29 is 14.7 Å².